The molecule has 0 aliphatic carbocycles. The van der Waals surface area contributed by atoms with Crippen LogP contribution < -0.4 is 5.32 Å². The molecule has 7 heteroatoms. The zero-order valence-corrected chi connectivity index (χ0v) is 12.0. The Hall–Kier alpha value is -2.70. The summed E-state index contributed by atoms with van der Waals surface area (Å²) in [5, 5.41) is 20.3. The maximum atomic E-state index is 12.2. The summed E-state index contributed by atoms with van der Waals surface area (Å²) in [5.41, 5.74) is 2.50. The molecule has 21 heavy (non-hydrogen) atoms. The third-order valence-electron chi connectivity index (χ3n) is 3.28. The van der Waals surface area contributed by atoms with Crippen molar-refractivity contribution in [2.24, 2.45) is 0 Å². The summed E-state index contributed by atoms with van der Waals surface area (Å²) in [7, 11) is 0. The average molecular weight is 288 g/mol. The van der Waals surface area contributed by atoms with Crippen LogP contribution in [0.4, 0.5) is 5.69 Å². The van der Waals surface area contributed by atoms with Crippen molar-refractivity contribution in [2.75, 3.05) is 0 Å². The molecule has 0 saturated heterocycles. The molecule has 0 fully saturated rings. The molecule has 0 spiro atoms. The zero-order chi connectivity index (χ0) is 15.6. The SMILES string of the molecule is Cc1n[nH]c(C)c1C(=O)NC(C)c1cccc([N+](=O)[O-])c1. The van der Waals surface area contributed by atoms with Gasteiger partial charge < -0.3 is 5.32 Å². The van der Waals surface area contributed by atoms with Gasteiger partial charge in [-0.25, -0.2) is 0 Å². The van der Waals surface area contributed by atoms with Crippen LogP contribution in [-0.2, 0) is 0 Å². The van der Waals surface area contributed by atoms with Crippen molar-refractivity contribution in [3.63, 3.8) is 0 Å². The summed E-state index contributed by atoms with van der Waals surface area (Å²) < 4.78 is 0. The number of carbonyl (C=O) groups excluding carboxylic acids is 1. The lowest BCUT2D eigenvalue weighted by atomic mass is 10.1. The van der Waals surface area contributed by atoms with Crippen molar-refractivity contribution >= 4 is 11.6 Å². The molecular formula is C14H16N4O3. The van der Waals surface area contributed by atoms with E-state index in [1.807, 2.05) is 0 Å². The third kappa shape index (κ3) is 3.07. The van der Waals surface area contributed by atoms with Gasteiger partial charge in [0.25, 0.3) is 11.6 Å². The minimum absolute atomic E-state index is 0.00395. The molecule has 2 N–H and O–H groups in total. The zero-order valence-electron chi connectivity index (χ0n) is 12.0. The molecule has 1 aromatic heterocycles. The molecule has 2 aromatic rings. The number of nitro benzene ring substituents is 1. The summed E-state index contributed by atoms with van der Waals surface area (Å²) in [6.45, 7) is 5.30. The topological polar surface area (TPSA) is 101 Å². The minimum atomic E-state index is -0.456. The summed E-state index contributed by atoms with van der Waals surface area (Å²) in [6.07, 6.45) is 0. The fraction of sp³-hybridized carbons (Fsp3) is 0.286. The number of aryl methyl sites for hydroxylation is 2. The Labute approximate surface area is 121 Å². The molecule has 7 nitrogen and oxygen atoms in total. The first-order valence-electron chi connectivity index (χ1n) is 6.47. The average Bonchev–Trinajstić information content (AvgIpc) is 2.78. The number of carbonyl (C=O) groups is 1. The Morgan fingerprint density at radius 1 is 1.43 bits per heavy atom. The first-order chi connectivity index (χ1) is 9.90. The normalized spacial score (nSPS) is 12.0. The number of nitro groups is 1. The molecule has 0 aliphatic rings. The van der Waals surface area contributed by atoms with Crippen molar-refractivity contribution in [3.05, 3.63) is 56.9 Å². The highest BCUT2D eigenvalue weighted by Gasteiger charge is 2.18. The first kappa shape index (κ1) is 14.7. The molecular weight excluding hydrogens is 272 g/mol. The molecule has 2 rings (SSSR count). The van der Waals surface area contributed by atoms with Gasteiger partial charge in [0.2, 0.25) is 0 Å². The van der Waals surface area contributed by atoms with Gasteiger partial charge in [0.15, 0.2) is 0 Å². The smallest absolute Gasteiger partial charge is 0.269 e. The van der Waals surface area contributed by atoms with Gasteiger partial charge in [0.1, 0.15) is 0 Å². The van der Waals surface area contributed by atoms with E-state index in [0.29, 0.717) is 22.5 Å². The fourth-order valence-corrected chi connectivity index (χ4v) is 2.15. The van der Waals surface area contributed by atoms with Gasteiger partial charge in [-0.3, -0.25) is 20.0 Å². The second-order valence-electron chi connectivity index (χ2n) is 4.86. The third-order valence-corrected chi connectivity index (χ3v) is 3.28. The number of hydrogen-bond donors (Lipinski definition) is 2. The van der Waals surface area contributed by atoms with Crippen LogP contribution in [0.1, 0.15) is 40.3 Å². The molecule has 0 saturated carbocycles. The molecule has 0 radical (unpaired) electrons. The van der Waals surface area contributed by atoms with E-state index in [1.165, 1.54) is 12.1 Å². The summed E-state index contributed by atoms with van der Waals surface area (Å²) in [5.74, 6) is -0.252. The molecule has 1 atom stereocenters. The van der Waals surface area contributed by atoms with Crippen molar-refractivity contribution in [1.82, 2.24) is 15.5 Å². The lowest BCUT2D eigenvalue weighted by molar-refractivity contribution is -0.384. The summed E-state index contributed by atoms with van der Waals surface area (Å²) >= 11 is 0. The van der Waals surface area contributed by atoms with Gasteiger partial charge in [-0.2, -0.15) is 5.10 Å². The highest BCUT2D eigenvalue weighted by Crippen LogP contribution is 2.20. The van der Waals surface area contributed by atoms with Crippen LogP contribution >= 0.6 is 0 Å². The monoisotopic (exact) mass is 288 g/mol. The van der Waals surface area contributed by atoms with Crippen molar-refractivity contribution in [3.8, 4) is 0 Å². The number of hydrogen-bond acceptors (Lipinski definition) is 4. The Morgan fingerprint density at radius 2 is 2.14 bits per heavy atom. The van der Waals surface area contributed by atoms with Crippen LogP contribution in [0.3, 0.4) is 0 Å². The van der Waals surface area contributed by atoms with Gasteiger partial charge >= 0.3 is 0 Å². The Morgan fingerprint density at radius 3 is 2.71 bits per heavy atom. The number of H-pyrrole nitrogens is 1. The van der Waals surface area contributed by atoms with Crippen molar-refractivity contribution in [1.29, 1.82) is 0 Å². The highest BCUT2D eigenvalue weighted by atomic mass is 16.6. The number of nitrogens with one attached hydrogen (secondary N) is 2. The number of amides is 1. The Balaban J connectivity index is 2.18. The lowest BCUT2D eigenvalue weighted by Crippen LogP contribution is -2.27. The van der Waals surface area contributed by atoms with E-state index in [4.69, 9.17) is 0 Å². The second kappa shape index (κ2) is 5.74. The minimum Gasteiger partial charge on any atom is -0.345 e. The number of nitrogens with zero attached hydrogens (tertiary/aromatic N) is 2. The Bertz CT molecular complexity index is 674. The van der Waals surface area contributed by atoms with Gasteiger partial charge in [-0.15, -0.1) is 0 Å². The van der Waals surface area contributed by atoms with E-state index >= 15 is 0 Å². The van der Waals surface area contributed by atoms with Crippen molar-refractivity contribution in [2.45, 2.75) is 26.8 Å². The van der Waals surface area contributed by atoms with Crippen LogP contribution in [0.15, 0.2) is 24.3 Å². The predicted molar refractivity (Wildman–Crippen MR) is 77.0 cm³/mol. The number of aromatic nitrogens is 2. The van der Waals surface area contributed by atoms with E-state index in [0.717, 1.165) is 0 Å². The number of non-ortho nitro benzene ring substituents is 1. The van der Waals surface area contributed by atoms with Gasteiger partial charge in [0, 0.05) is 17.8 Å². The number of rotatable bonds is 4. The number of benzene rings is 1. The molecule has 1 unspecified atom stereocenters. The van der Waals surface area contributed by atoms with Gasteiger partial charge in [0.05, 0.1) is 22.2 Å². The van der Waals surface area contributed by atoms with E-state index < -0.39 is 4.92 Å². The van der Waals surface area contributed by atoms with E-state index in [9.17, 15) is 14.9 Å². The molecule has 110 valence electrons. The van der Waals surface area contributed by atoms with Crippen LogP contribution in [0.5, 0.6) is 0 Å². The maximum absolute atomic E-state index is 12.2. The quantitative estimate of drug-likeness (QED) is 0.666. The van der Waals surface area contributed by atoms with Crippen LogP contribution in [-0.4, -0.2) is 21.0 Å². The molecule has 0 bridgehead atoms. The molecule has 1 aromatic carbocycles. The van der Waals surface area contributed by atoms with E-state index in [1.54, 1.807) is 32.9 Å². The van der Waals surface area contributed by atoms with E-state index in [2.05, 4.69) is 15.5 Å². The number of aromatic amines is 1. The fourth-order valence-electron chi connectivity index (χ4n) is 2.15. The largest absolute Gasteiger partial charge is 0.345 e. The van der Waals surface area contributed by atoms with Gasteiger partial charge in [-0.05, 0) is 26.3 Å². The van der Waals surface area contributed by atoms with Gasteiger partial charge in [-0.1, -0.05) is 12.1 Å². The van der Waals surface area contributed by atoms with Crippen LogP contribution in [0.25, 0.3) is 0 Å². The van der Waals surface area contributed by atoms with E-state index in [-0.39, 0.29) is 17.6 Å². The highest BCUT2D eigenvalue weighted by molar-refractivity contribution is 5.96. The van der Waals surface area contributed by atoms with Crippen molar-refractivity contribution < 1.29 is 9.72 Å². The molecule has 1 heterocycles. The van der Waals surface area contributed by atoms with Crippen LogP contribution in [0.2, 0.25) is 0 Å². The molecule has 1 amide bonds. The summed E-state index contributed by atoms with van der Waals surface area (Å²) in [6, 6.07) is 5.88. The maximum Gasteiger partial charge on any atom is 0.269 e. The molecule has 0 aliphatic heterocycles. The standard InChI is InChI=1S/C14H16N4O3/c1-8(11-5-4-6-12(7-11)18(20)21)15-14(19)13-9(2)16-17-10(13)3/h4-8H,1-3H3,(H,15,19)(H,16,17). The van der Waals surface area contributed by atoms with Crippen LogP contribution in [0, 0.1) is 24.0 Å². The predicted octanol–water partition coefficient (Wildman–Crippen LogP) is 2.43. The summed E-state index contributed by atoms with van der Waals surface area (Å²) in [4.78, 5) is 22.6. The first-order valence-corrected chi connectivity index (χ1v) is 6.47. The second-order valence-corrected chi connectivity index (χ2v) is 4.86. The Kier molecular flexibility index (Phi) is 4.02. The lowest BCUT2D eigenvalue weighted by Gasteiger charge is -2.14.